The summed E-state index contributed by atoms with van der Waals surface area (Å²) in [7, 11) is 0. The van der Waals surface area contributed by atoms with Gasteiger partial charge in [0.2, 0.25) is 5.91 Å². The second-order valence-electron chi connectivity index (χ2n) is 7.44. The minimum absolute atomic E-state index is 0.0226. The Hall–Kier alpha value is -1.82. The average molecular weight is 374 g/mol. The Morgan fingerprint density at radius 3 is 2.81 bits per heavy atom. The van der Waals surface area contributed by atoms with Crippen molar-refractivity contribution in [1.29, 1.82) is 0 Å². The Labute approximate surface area is 158 Å². The largest absolute Gasteiger partial charge is 0.339 e. The van der Waals surface area contributed by atoms with E-state index in [9.17, 15) is 9.59 Å². The fourth-order valence-corrected chi connectivity index (χ4v) is 4.36. The number of likely N-dealkylation sites (tertiary alicyclic amines) is 1. The normalized spacial score (nSPS) is 17.8. The van der Waals surface area contributed by atoms with Crippen LogP contribution in [0.4, 0.5) is 0 Å². The monoisotopic (exact) mass is 373 g/mol. The number of carbonyl (C=O) groups is 1. The highest BCUT2D eigenvalue weighted by atomic mass is 32.2. The smallest absolute Gasteiger partial charge is 0.262 e. The molecule has 0 aliphatic carbocycles. The maximum atomic E-state index is 12.9. The van der Waals surface area contributed by atoms with E-state index in [2.05, 4.69) is 25.8 Å². The van der Waals surface area contributed by atoms with Crippen LogP contribution in [0.25, 0.3) is 10.9 Å². The maximum Gasteiger partial charge on any atom is 0.262 e. The summed E-state index contributed by atoms with van der Waals surface area (Å²) < 4.78 is 1.73. The average Bonchev–Trinajstić information content (AvgIpc) is 2.62. The summed E-state index contributed by atoms with van der Waals surface area (Å²) in [6.07, 6.45) is 3.34. The van der Waals surface area contributed by atoms with Crippen LogP contribution in [-0.2, 0) is 11.3 Å². The van der Waals surface area contributed by atoms with E-state index in [4.69, 9.17) is 0 Å². The number of piperidine rings is 1. The molecule has 140 valence electrons. The highest BCUT2D eigenvalue weighted by Gasteiger charge is 2.23. The van der Waals surface area contributed by atoms with Crippen molar-refractivity contribution in [3.05, 3.63) is 34.6 Å². The molecule has 2 aromatic rings. The van der Waals surface area contributed by atoms with Crippen molar-refractivity contribution < 1.29 is 4.79 Å². The van der Waals surface area contributed by atoms with Gasteiger partial charge in [-0.3, -0.25) is 14.2 Å². The number of benzene rings is 1. The van der Waals surface area contributed by atoms with Gasteiger partial charge in [-0.15, -0.1) is 0 Å². The molecule has 1 unspecified atom stereocenters. The standard InChI is InChI=1S/C20H27N3O2S/c1-14(2)12-23-19(25)16-9-4-5-10-17(16)21-20(23)26-13-18(24)22-11-7-6-8-15(22)3/h4-5,9-10,14-15H,6-8,11-13H2,1-3H3. The number of aromatic nitrogens is 2. The Balaban J connectivity index is 1.86. The van der Waals surface area contributed by atoms with Crippen LogP contribution in [0.1, 0.15) is 40.0 Å². The fraction of sp³-hybridized carbons (Fsp3) is 0.550. The van der Waals surface area contributed by atoms with Gasteiger partial charge in [0, 0.05) is 19.1 Å². The molecule has 1 aromatic heterocycles. The van der Waals surface area contributed by atoms with E-state index in [1.54, 1.807) is 4.57 Å². The minimum Gasteiger partial charge on any atom is -0.339 e. The van der Waals surface area contributed by atoms with E-state index in [1.807, 2.05) is 29.2 Å². The molecular weight excluding hydrogens is 346 g/mol. The van der Waals surface area contributed by atoms with Gasteiger partial charge in [0.05, 0.1) is 16.7 Å². The molecule has 0 spiro atoms. The number of amides is 1. The number of nitrogens with zero attached hydrogens (tertiary/aromatic N) is 3. The number of rotatable bonds is 5. The SMILES string of the molecule is CC(C)Cn1c(SCC(=O)N2CCCCC2C)nc2ccccc2c1=O. The van der Waals surface area contributed by atoms with Crippen LogP contribution in [0.2, 0.25) is 0 Å². The van der Waals surface area contributed by atoms with Crippen LogP contribution < -0.4 is 5.56 Å². The van der Waals surface area contributed by atoms with Gasteiger partial charge in [0.15, 0.2) is 5.16 Å². The summed E-state index contributed by atoms with van der Waals surface area (Å²) in [4.78, 5) is 32.2. The summed E-state index contributed by atoms with van der Waals surface area (Å²) in [6, 6.07) is 7.72. The second kappa shape index (κ2) is 8.25. The first-order valence-electron chi connectivity index (χ1n) is 9.39. The molecule has 0 saturated carbocycles. The predicted molar refractivity (Wildman–Crippen MR) is 107 cm³/mol. The fourth-order valence-electron chi connectivity index (χ4n) is 3.46. The van der Waals surface area contributed by atoms with Gasteiger partial charge in [-0.25, -0.2) is 4.98 Å². The summed E-state index contributed by atoms with van der Waals surface area (Å²) in [5.41, 5.74) is 0.671. The molecule has 0 N–H and O–H groups in total. The number of fused-ring (bicyclic) bond motifs is 1. The number of carbonyl (C=O) groups excluding carboxylic acids is 1. The molecule has 26 heavy (non-hydrogen) atoms. The third kappa shape index (κ3) is 4.11. The quantitative estimate of drug-likeness (QED) is 0.594. The lowest BCUT2D eigenvalue weighted by atomic mass is 10.0. The van der Waals surface area contributed by atoms with Gasteiger partial charge in [-0.2, -0.15) is 0 Å². The molecule has 1 saturated heterocycles. The van der Waals surface area contributed by atoms with E-state index in [-0.39, 0.29) is 11.5 Å². The van der Waals surface area contributed by atoms with Crippen LogP contribution >= 0.6 is 11.8 Å². The predicted octanol–water partition coefficient (Wildman–Crippen LogP) is 3.55. The first kappa shape index (κ1) is 19.0. The molecule has 1 amide bonds. The van der Waals surface area contributed by atoms with Gasteiger partial charge >= 0.3 is 0 Å². The summed E-state index contributed by atoms with van der Waals surface area (Å²) in [5, 5.41) is 1.27. The molecule has 2 heterocycles. The van der Waals surface area contributed by atoms with E-state index >= 15 is 0 Å². The third-order valence-electron chi connectivity index (χ3n) is 4.82. The van der Waals surface area contributed by atoms with E-state index in [0.29, 0.717) is 40.3 Å². The molecule has 1 atom stereocenters. The summed E-state index contributed by atoms with van der Waals surface area (Å²) >= 11 is 1.38. The highest BCUT2D eigenvalue weighted by Crippen LogP contribution is 2.22. The lowest BCUT2D eigenvalue weighted by Crippen LogP contribution is -2.43. The van der Waals surface area contributed by atoms with E-state index in [1.165, 1.54) is 18.2 Å². The first-order valence-corrected chi connectivity index (χ1v) is 10.4. The summed E-state index contributed by atoms with van der Waals surface area (Å²) in [5.74, 6) is 0.793. The zero-order valence-electron chi connectivity index (χ0n) is 15.8. The molecule has 5 nitrogen and oxygen atoms in total. The van der Waals surface area contributed by atoms with Crippen molar-refractivity contribution in [3.8, 4) is 0 Å². The molecule has 0 bridgehead atoms. The topological polar surface area (TPSA) is 55.2 Å². The van der Waals surface area contributed by atoms with Crippen LogP contribution in [0.15, 0.2) is 34.2 Å². The molecule has 1 aliphatic rings. The number of para-hydroxylation sites is 1. The first-order chi connectivity index (χ1) is 12.5. The summed E-state index contributed by atoms with van der Waals surface area (Å²) in [6.45, 7) is 7.72. The van der Waals surface area contributed by atoms with Gasteiger partial charge in [-0.1, -0.05) is 37.7 Å². The number of hydrogen-bond donors (Lipinski definition) is 0. The van der Waals surface area contributed by atoms with E-state index < -0.39 is 0 Å². The zero-order chi connectivity index (χ0) is 18.7. The molecule has 1 aromatic carbocycles. The molecule has 0 radical (unpaired) electrons. The van der Waals surface area contributed by atoms with Gasteiger partial charge in [0.25, 0.3) is 5.56 Å². The Morgan fingerprint density at radius 2 is 2.08 bits per heavy atom. The van der Waals surface area contributed by atoms with Crippen molar-refractivity contribution >= 4 is 28.6 Å². The Kier molecular flexibility index (Phi) is 6.01. The second-order valence-corrected chi connectivity index (χ2v) is 8.38. The van der Waals surface area contributed by atoms with Gasteiger partial charge in [-0.05, 0) is 44.2 Å². The van der Waals surface area contributed by atoms with Crippen LogP contribution in [0.5, 0.6) is 0 Å². The molecule has 1 aliphatic heterocycles. The number of thioether (sulfide) groups is 1. The third-order valence-corrected chi connectivity index (χ3v) is 5.78. The molecule has 6 heteroatoms. The van der Waals surface area contributed by atoms with Crippen LogP contribution in [-0.4, -0.2) is 38.7 Å². The lowest BCUT2D eigenvalue weighted by Gasteiger charge is -2.33. The van der Waals surface area contributed by atoms with Crippen molar-refractivity contribution in [2.75, 3.05) is 12.3 Å². The maximum absolute atomic E-state index is 12.9. The van der Waals surface area contributed by atoms with Gasteiger partial charge < -0.3 is 4.90 Å². The molecular formula is C20H27N3O2S. The zero-order valence-corrected chi connectivity index (χ0v) is 16.6. The molecule has 3 rings (SSSR count). The number of hydrogen-bond acceptors (Lipinski definition) is 4. The Morgan fingerprint density at radius 1 is 1.31 bits per heavy atom. The van der Waals surface area contributed by atoms with Gasteiger partial charge in [0.1, 0.15) is 0 Å². The highest BCUT2D eigenvalue weighted by molar-refractivity contribution is 7.99. The molecule has 1 fully saturated rings. The lowest BCUT2D eigenvalue weighted by molar-refractivity contribution is -0.131. The Bertz CT molecular complexity index is 847. The van der Waals surface area contributed by atoms with Crippen molar-refractivity contribution in [3.63, 3.8) is 0 Å². The van der Waals surface area contributed by atoms with Crippen molar-refractivity contribution in [2.24, 2.45) is 5.92 Å². The van der Waals surface area contributed by atoms with Crippen LogP contribution in [0, 0.1) is 5.92 Å². The van der Waals surface area contributed by atoms with E-state index in [0.717, 1.165) is 19.4 Å². The van der Waals surface area contributed by atoms with Crippen molar-refractivity contribution in [2.45, 2.75) is 57.8 Å². The van der Waals surface area contributed by atoms with Crippen molar-refractivity contribution in [1.82, 2.24) is 14.5 Å². The van der Waals surface area contributed by atoms with Crippen LogP contribution in [0.3, 0.4) is 0 Å². The minimum atomic E-state index is -0.0226.